The second-order valence-electron chi connectivity index (χ2n) is 5.37. The second-order valence-corrected chi connectivity index (χ2v) is 5.37. The van der Waals surface area contributed by atoms with Crippen molar-refractivity contribution in [2.24, 2.45) is 0 Å². The zero-order valence-electron chi connectivity index (χ0n) is 13.1. The summed E-state index contributed by atoms with van der Waals surface area (Å²) in [6, 6.07) is 4.92. The fourth-order valence-electron chi connectivity index (χ4n) is 2.38. The average molecular weight is 287 g/mol. The zero-order chi connectivity index (χ0) is 15.4. The van der Waals surface area contributed by atoms with E-state index in [0.29, 0.717) is 5.82 Å². The molecule has 0 spiro atoms. The van der Waals surface area contributed by atoms with Crippen LogP contribution in [0.4, 0.5) is 4.39 Å². The average Bonchev–Trinajstić information content (AvgIpc) is 2.44. The Morgan fingerprint density at radius 1 is 1.29 bits per heavy atom. The van der Waals surface area contributed by atoms with Crippen LogP contribution < -0.4 is 5.32 Å². The first-order valence-electron chi connectivity index (χ1n) is 7.36. The third kappa shape index (κ3) is 3.64. The van der Waals surface area contributed by atoms with Crippen molar-refractivity contribution in [3.63, 3.8) is 0 Å². The van der Waals surface area contributed by atoms with Gasteiger partial charge in [-0.15, -0.1) is 0 Å². The zero-order valence-corrected chi connectivity index (χ0v) is 13.1. The minimum absolute atomic E-state index is 0.230. The lowest BCUT2D eigenvalue weighted by molar-refractivity contribution is 0.564. The quantitative estimate of drug-likeness (QED) is 0.904. The fourth-order valence-corrected chi connectivity index (χ4v) is 2.38. The van der Waals surface area contributed by atoms with Crippen LogP contribution in [0.3, 0.4) is 0 Å². The predicted octanol–water partition coefficient (Wildman–Crippen LogP) is 3.96. The maximum absolute atomic E-state index is 13.2. The molecule has 1 aromatic carbocycles. The van der Waals surface area contributed by atoms with Gasteiger partial charge in [0.15, 0.2) is 5.82 Å². The van der Waals surface area contributed by atoms with Crippen molar-refractivity contribution in [1.82, 2.24) is 15.3 Å². The summed E-state index contributed by atoms with van der Waals surface area (Å²) in [6.45, 7) is 9.09. The van der Waals surface area contributed by atoms with E-state index in [0.717, 1.165) is 35.3 Å². The van der Waals surface area contributed by atoms with E-state index in [1.54, 1.807) is 6.07 Å². The lowest BCUT2D eigenvalue weighted by atomic mass is 10.1. The van der Waals surface area contributed by atoms with Crippen molar-refractivity contribution in [2.75, 3.05) is 6.54 Å². The number of hydrogen-bond acceptors (Lipinski definition) is 3. The highest BCUT2D eigenvalue weighted by atomic mass is 19.1. The molecule has 1 aromatic heterocycles. The first kappa shape index (κ1) is 15.6. The fraction of sp³-hybridized carbons (Fsp3) is 0.412. The molecule has 4 heteroatoms. The van der Waals surface area contributed by atoms with Crippen molar-refractivity contribution in [2.45, 2.75) is 40.2 Å². The third-order valence-corrected chi connectivity index (χ3v) is 3.61. The van der Waals surface area contributed by atoms with Crippen LogP contribution in [-0.2, 0) is 0 Å². The molecule has 2 aromatic rings. The summed E-state index contributed by atoms with van der Waals surface area (Å²) in [4.78, 5) is 9.05. The first-order chi connectivity index (χ1) is 10.0. The minimum Gasteiger partial charge on any atom is -0.310 e. The van der Waals surface area contributed by atoms with Crippen LogP contribution in [-0.4, -0.2) is 16.5 Å². The summed E-state index contributed by atoms with van der Waals surface area (Å²) < 4.78 is 13.2. The molecule has 0 saturated carbocycles. The highest BCUT2D eigenvalue weighted by Crippen LogP contribution is 2.23. The van der Waals surface area contributed by atoms with E-state index in [-0.39, 0.29) is 11.9 Å². The van der Waals surface area contributed by atoms with Gasteiger partial charge in [0.2, 0.25) is 0 Å². The molecule has 0 saturated heterocycles. The molecule has 0 aliphatic carbocycles. The number of aromatic nitrogens is 2. The molecule has 0 amide bonds. The number of rotatable bonds is 5. The maximum atomic E-state index is 13.2. The summed E-state index contributed by atoms with van der Waals surface area (Å²) in [6.07, 6.45) is 2.96. The van der Waals surface area contributed by atoms with Crippen molar-refractivity contribution in [3.8, 4) is 11.4 Å². The van der Waals surface area contributed by atoms with Crippen LogP contribution in [0.2, 0.25) is 0 Å². The van der Waals surface area contributed by atoms with Gasteiger partial charge in [0.05, 0.1) is 0 Å². The monoisotopic (exact) mass is 287 g/mol. The molecule has 0 fully saturated rings. The van der Waals surface area contributed by atoms with Gasteiger partial charge in [0.25, 0.3) is 0 Å². The normalized spacial score (nSPS) is 12.4. The maximum Gasteiger partial charge on any atom is 0.159 e. The van der Waals surface area contributed by atoms with Crippen LogP contribution in [0.15, 0.2) is 24.4 Å². The molecule has 3 nitrogen and oxygen atoms in total. The summed E-state index contributed by atoms with van der Waals surface area (Å²) in [5.74, 6) is 0.415. The Morgan fingerprint density at radius 2 is 2.05 bits per heavy atom. The van der Waals surface area contributed by atoms with Gasteiger partial charge in [-0.3, -0.25) is 0 Å². The van der Waals surface area contributed by atoms with Crippen LogP contribution in [0, 0.1) is 19.7 Å². The Hall–Kier alpha value is -1.81. The first-order valence-corrected chi connectivity index (χ1v) is 7.36. The Balaban J connectivity index is 2.30. The standard InChI is InChI=1S/C17H22FN3/c1-5-8-19-12(3)16-10-20-17(21-13(16)4)15-7-6-14(18)9-11(15)2/h6-7,9-10,12,19H,5,8H2,1-4H3. The summed E-state index contributed by atoms with van der Waals surface area (Å²) >= 11 is 0. The molecule has 0 aliphatic heterocycles. The van der Waals surface area contributed by atoms with Crippen LogP contribution >= 0.6 is 0 Å². The molecule has 1 atom stereocenters. The summed E-state index contributed by atoms with van der Waals surface area (Å²) in [5.41, 5.74) is 3.78. The predicted molar refractivity (Wildman–Crippen MR) is 83.6 cm³/mol. The molecule has 1 N–H and O–H groups in total. The van der Waals surface area contributed by atoms with Gasteiger partial charge < -0.3 is 5.32 Å². The Bertz CT molecular complexity index is 625. The molecular formula is C17H22FN3. The largest absolute Gasteiger partial charge is 0.310 e. The van der Waals surface area contributed by atoms with Crippen molar-refractivity contribution >= 4 is 0 Å². The van der Waals surface area contributed by atoms with Crippen LogP contribution in [0.5, 0.6) is 0 Å². The molecule has 0 bridgehead atoms. The lowest BCUT2D eigenvalue weighted by Gasteiger charge is -2.16. The SMILES string of the molecule is CCCNC(C)c1cnc(-c2ccc(F)cc2C)nc1C. The molecule has 0 radical (unpaired) electrons. The van der Waals surface area contributed by atoms with Gasteiger partial charge >= 0.3 is 0 Å². The topological polar surface area (TPSA) is 37.8 Å². The second kappa shape index (κ2) is 6.76. The highest BCUT2D eigenvalue weighted by molar-refractivity contribution is 5.60. The van der Waals surface area contributed by atoms with E-state index in [2.05, 4.69) is 29.1 Å². The summed E-state index contributed by atoms with van der Waals surface area (Å²) in [7, 11) is 0. The van der Waals surface area contributed by atoms with E-state index in [4.69, 9.17) is 0 Å². The van der Waals surface area contributed by atoms with Gasteiger partial charge in [-0.2, -0.15) is 0 Å². The van der Waals surface area contributed by atoms with Gasteiger partial charge in [-0.25, -0.2) is 14.4 Å². The minimum atomic E-state index is -0.234. The van der Waals surface area contributed by atoms with Crippen molar-refractivity contribution in [1.29, 1.82) is 0 Å². The van der Waals surface area contributed by atoms with E-state index in [9.17, 15) is 4.39 Å². The van der Waals surface area contributed by atoms with Gasteiger partial charge in [0, 0.05) is 29.1 Å². The molecule has 0 aliphatic rings. The van der Waals surface area contributed by atoms with E-state index in [1.807, 2.05) is 20.0 Å². The van der Waals surface area contributed by atoms with E-state index < -0.39 is 0 Å². The molecule has 112 valence electrons. The third-order valence-electron chi connectivity index (χ3n) is 3.61. The number of nitrogens with zero attached hydrogens (tertiary/aromatic N) is 2. The highest BCUT2D eigenvalue weighted by Gasteiger charge is 2.12. The number of hydrogen-bond donors (Lipinski definition) is 1. The van der Waals surface area contributed by atoms with E-state index in [1.165, 1.54) is 12.1 Å². The van der Waals surface area contributed by atoms with Gasteiger partial charge in [-0.1, -0.05) is 6.92 Å². The van der Waals surface area contributed by atoms with Gasteiger partial charge in [-0.05, 0) is 57.5 Å². The molecular weight excluding hydrogens is 265 g/mol. The van der Waals surface area contributed by atoms with Crippen molar-refractivity contribution in [3.05, 3.63) is 47.0 Å². The number of halogens is 1. The Morgan fingerprint density at radius 3 is 2.67 bits per heavy atom. The number of nitrogens with one attached hydrogen (secondary N) is 1. The van der Waals surface area contributed by atoms with Crippen LogP contribution in [0.25, 0.3) is 11.4 Å². The lowest BCUT2D eigenvalue weighted by Crippen LogP contribution is -2.20. The molecule has 1 heterocycles. The number of benzene rings is 1. The smallest absolute Gasteiger partial charge is 0.159 e. The van der Waals surface area contributed by atoms with Crippen molar-refractivity contribution < 1.29 is 4.39 Å². The Labute approximate surface area is 125 Å². The molecule has 1 unspecified atom stereocenters. The Kier molecular flexibility index (Phi) is 5.02. The molecule has 2 rings (SSSR count). The molecule has 21 heavy (non-hydrogen) atoms. The van der Waals surface area contributed by atoms with E-state index >= 15 is 0 Å². The van der Waals surface area contributed by atoms with Gasteiger partial charge in [0.1, 0.15) is 5.82 Å². The number of aryl methyl sites for hydroxylation is 2. The summed E-state index contributed by atoms with van der Waals surface area (Å²) in [5, 5.41) is 3.44. The van der Waals surface area contributed by atoms with Crippen LogP contribution in [0.1, 0.15) is 43.1 Å².